The molecule has 1 aromatic heterocycles. The standard InChI is InChI=1S/C13H19N3O/c17-10-14-8-2-1-5-12-7-6-11-4-3-9-15-13(11)16-12/h6-7,10H,1-5,8-9H2,(H,14,17)(H,15,16). The number of nitrogens with zero attached hydrogens (tertiary/aromatic N) is 1. The van der Waals surface area contributed by atoms with Crippen molar-refractivity contribution in [2.24, 2.45) is 0 Å². The Morgan fingerprint density at radius 2 is 2.35 bits per heavy atom. The fraction of sp³-hybridized carbons (Fsp3) is 0.538. The highest BCUT2D eigenvalue weighted by Crippen LogP contribution is 2.20. The van der Waals surface area contributed by atoms with Crippen LogP contribution >= 0.6 is 0 Å². The van der Waals surface area contributed by atoms with Gasteiger partial charge in [-0.15, -0.1) is 0 Å². The van der Waals surface area contributed by atoms with Crippen LogP contribution in [-0.2, 0) is 17.6 Å². The molecule has 17 heavy (non-hydrogen) atoms. The summed E-state index contributed by atoms with van der Waals surface area (Å²) in [6.45, 7) is 1.79. The second kappa shape index (κ2) is 6.23. The number of carbonyl (C=O) groups excluding carboxylic acids is 1. The van der Waals surface area contributed by atoms with Gasteiger partial charge < -0.3 is 10.6 Å². The third-order valence-corrected chi connectivity index (χ3v) is 3.04. The minimum absolute atomic E-state index is 0.751. The first-order chi connectivity index (χ1) is 8.40. The molecular formula is C13H19N3O. The van der Waals surface area contributed by atoms with Crippen molar-refractivity contribution < 1.29 is 4.79 Å². The van der Waals surface area contributed by atoms with Gasteiger partial charge in [0.2, 0.25) is 6.41 Å². The molecule has 92 valence electrons. The van der Waals surface area contributed by atoms with Gasteiger partial charge in [-0.25, -0.2) is 4.98 Å². The Morgan fingerprint density at radius 1 is 1.41 bits per heavy atom. The number of aromatic nitrogens is 1. The van der Waals surface area contributed by atoms with Gasteiger partial charge in [-0.3, -0.25) is 4.79 Å². The van der Waals surface area contributed by atoms with Crippen molar-refractivity contribution in [3.8, 4) is 0 Å². The number of fused-ring (bicyclic) bond motifs is 1. The minimum Gasteiger partial charge on any atom is -0.370 e. The summed E-state index contributed by atoms with van der Waals surface area (Å²) in [6.07, 6.45) is 6.14. The molecule has 0 bridgehead atoms. The van der Waals surface area contributed by atoms with Gasteiger partial charge in [-0.2, -0.15) is 0 Å². The molecule has 0 saturated carbocycles. The van der Waals surface area contributed by atoms with Gasteiger partial charge in [-0.1, -0.05) is 6.07 Å². The molecule has 0 aromatic carbocycles. The predicted molar refractivity (Wildman–Crippen MR) is 68.1 cm³/mol. The van der Waals surface area contributed by atoms with E-state index in [1.54, 1.807) is 0 Å². The number of pyridine rings is 1. The molecule has 1 aromatic rings. The largest absolute Gasteiger partial charge is 0.370 e. The van der Waals surface area contributed by atoms with Gasteiger partial charge in [-0.05, 0) is 43.7 Å². The predicted octanol–water partition coefficient (Wildman–Crippen LogP) is 1.51. The highest BCUT2D eigenvalue weighted by Gasteiger charge is 2.09. The molecule has 2 N–H and O–H groups in total. The summed E-state index contributed by atoms with van der Waals surface area (Å²) < 4.78 is 0. The van der Waals surface area contributed by atoms with Gasteiger partial charge in [0, 0.05) is 18.8 Å². The van der Waals surface area contributed by atoms with E-state index in [0.717, 1.165) is 56.7 Å². The number of hydrogen-bond donors (Lipinski definition) is 2. The molecule has 0 saturated heterocycles. The quantitative estimate of drug-likeness (QED) is 0.578. The number of unbranched alkanes of at least 4 members (excludes halogenated alkanes) is 1. The van der Waals surface area contributed by atoms with Crippen molar-refractivity contribution in [1.82, 2.24) is 10.3 Å². The van der Waals surface area contributed by atoms with E-state index < -0.39 is 0 Å². The number of anilines is 1. The van der Waals surface area contributed by atoms with Crippen LogP contribution in [0, 0.1) is 0 Å². The molecule has 0 spiro atoms. The van der Waals surface area contributed by atoms with Crippen LogP contribution in [0.25, 0.3) is 0 Å². The lowest BCUT2D eigenvalue weighted by atomic mass is 10.1. The van der Waals surface area contributed by atoms with Crippen LogP contribution in [0.2, 0.25) is 0 Å². The Morgan fingerprint density at radius 3 is 3.24 bits per heavy atom. The average molecular weight is 233 g/mol. The molecule has 1 aliphatic rings. The van der Waals surface area contributed by atoms with E-state index in [0.29, 0.717) is 0 Å². The zero-order chi connectivity index (χ0) is 11.9. The Balaban J connectivity index is 1.82. The van der Waals surface area contributed by atoms with Crippen LogP contribution in [0.15, 0.2) is 12.1 Å². The van der Waals surface area contributed by atoms with Gasteiger partial charge in [0.15, 0.2) is 0 Å². The molecule has 0 unspecified atom stereocenters. The number of aryl methyl sites for hydroxylation is 2. The normalized spacial score (nSPS) is 13.6. The van der Waals surface area contributed by atoms with Crippen molar-refractivity contribution >= 4 is 12.2 Å². The topological polar surface area (TPSA) is 54.0 Å². The lowest BCUT2D eigenvalue weighted by molar-refractivity contribution is -0.109. The number of hydrogen-bond acceptors (Lipinski definition) is 3. The lowest BCUT2D eigenvalue weighted by Gasteiger charge is -2.17. The monoisotopic (exact) mass is 233 g/mol. The van der Waals surface area contributed by atoms with Crippen LogP contribution < -0.4 is 10.6 Å². The second-order valence-electron chi connectivity index (χ2n) is 4.37. The van der Waals surface area contributed by atoms with Crippen molar-refractivity contribution in [3.05, 3.63) is 23.4 Å². The second-order valence-corrected chi connectivity index (χ2v) is 4.37. The maximum absolute atomic E-state index is 10.1. The molecular weight excluding hydrogens is 214 g/mol. The fourth-order valence-corrected chi connectivity index (χ4v) is 2.10. The minimum atomic E-state index is 0.751. The fourth-order valence-electron chi connectivity index (χ4n) is 2.10. The van der Waals surface area contributed by atoms with Gasteiger partial charge in [0.1, 0.15) is 5.82 Å². The van der Waals surface area contributed by atoms with Crippen molar-refractivity contribution in [1.29, 1.82) is 0 Å². The third kappa shape index (κ3) is 3.44. The first-order valence-corrected chi connectivity index (χ1v) is 6.30. The summed E-state index contributed by atoms with van der Waals surface area (Å²) in [5.41, 5.74) is 2.48. The molecule has 2 rings (SSSR count). The zero-order valence-electron chi connectivity index (χ0n) is 10.0. The number of carbonyl (C=O) groups is 1. The molecule has 0 radical (unpaired) electrons. The highest BCUT2D eigenvalue weighted by molar-refractivity contribution is 5.47. The van der Waals surface area contributed by atoms with E-state index >= 15 is 0 Å². The van der Waals surface area contributed by atoms with E-state index in [1.807, 2.05) is 0 Å². The Hall–Kier alpha value is -1.58. The van der Waals surface area contributed by atoms with Gasteiger partial charge >= 0.3 is 0 Å². The maximum atomic E-state index is 10.1. The van der Waals surface area contributed by atoms with Crippen molar-refractivity contribution in [2.75, 3.05) is 18.4 Å². The molecule has 0 atom stereocenters. The van der Waals surface area contributed by atoms with Crippen LogP contribution in [0.1, 0.15) is 30.5 Å². The Kier molecular flexibility index (Phi) is 4.36. The number of amides is 1. The van der Waals surface area contributed by atoms with Crippen molar-refractivity contribution in [3.63, 3.8) is 0 Å². The third-order valence-electron chi connectivity index (χ3n) is 3.04. The molecule has 0 aliphatic carbocycles. The van der Waals surface area contributed by atoms with E-state index in [2.05, 4.69) is 27.8 Å². The highest BCUT2D eigenvalue weighted by atomic mass is 16.1. The summed E-state index contributed by atoms with van der Waals surface area (Å²) in [4.78, 5) is 14.7. The van der Waals surface area contributed by atoms with Gasteiger partial charge in [0.25, 0.3) is 0 Å². The first kappa shape index (κ1) is 11.9. The molecule has 2 heterocycles. The van der Waals surface area contributed by atoms with Gasteiger partial charge in [0.05, 0.1) is 0 Å². The molecule has 4 heteroatoms. The molecule has 4 nitrogen and oxygen atoms in total. The average Bonchev–Trinajstić information content (AvgIpc) is 2.38. The summed E-state index contributed by atoms with van der Waals surface area (Å²) >= 11 is 0. The van der Waals surface area contributed by atoms with Crippen LogP contribution in [0.5, 0.6) is 0 Å². The summed E-state index contributed by atoms with van der Waals surface area (Å²) in [6, 6.07) is 4.31. The van der Waals surface area contributed by atoms with E-state index in [9.17, 15) is 4.79 Å². The SMILES string of the molecule is O=CNCCCCc1ccc2c(n1)NCCC2. The van der Waals surface area contributed by atoms with Crippen molar-refractivity contribution in [2.45, 2.75) is 32.1 Å². The number of rotatable bonds is 6. The summed E-state index contributed by atoms with van der Waals surface area (Å²) in [5, 5.41) is 6.02. The van der Waals surface area contributed by atoms with E-state index in [1.165, 1.54) is 12.0 Å². The molecule has 1 amide bonds. The molecule has 1 aliphatic heterocycles. The lowest BCUT2D eigenvalue weighted by Crippen LogP contribution is -2.14. The maximum Gasteiger partial charge on any atom is 0.207 e. The summed E-state index contributed by atoms with van der Waals surface area (Å²) in [5.74, 6) is 1.07. The first-order valence-electron chi connectivity index (χ1n) is 6.30. The van der Waals surface area contributed by atoms with Crippen LogP contribution in [-0.4, -0.2) is 24.5 Å². The zero-order valence-corrected chi connectivity index (χ0v) is 10.0. The van der Waals surface area contributed by atoms with E-state index in [-0.39, 0.29) is 0 Å². The van der Waals surface area contributed by atoms with E-state index in [4.69, 9.17) is 0 Å². The number of nitrogens with one attached hydrogen (secondary N) is 2. The van der Waals surface area contributed by atoms with Crippen LogP contribution in [0.4, 0.5) is 5.82 Å². The Labute approximate surface area is 102 Å². The Bertz CT molecular complexity index is 379. The van der Waals surface area contributed by atoms with Crippen LogP contribution in [0.3, 0.4) is 0 Å². The summed E-state index contributed by atoms with van der Waals surface area (Å²) in [7, 11) is 0. The smallest absolute Gasteiger partial charge is 0.207 e. The molecule has 0 fully saturated rings.